The zero-order chi connectivity index (χ0) is 14.6. The van der Waals surface area contributed by atoms with Crippen molar-refractivity contribution in [2.24, 2.45) is 23.7 Å². The van der Waals surface area contributed by atoms with Crippen molar-refractivity contribution >= 4 is 35.1 Å². The Morgan fingerprint density at radius 2 is 1.25 bits per heavy atom. The van der Waals surface area contributed by atoms with Crippen LogP contribution >= 0.6 is 23.2 Å². The Labute approximate surface area is 126 Å². The molecule has 0 spiro atoms. The highest BCUT2D eigenvalue weighted by atomic mass is 35.5. The Morgan fingerprint density at radius 1 is 0.900 bits per heavy atom. The number of rotatable bonds is 2. The second-order valence-electron chi connectivity index (χ2n) is 4.99. The molecule has 0 fully saturated rings. The van der Waals surface area contributed by atoms with Gasteiger partial charge in [0.25, 0.3) is 0 Å². The Bertz CT molecular complexity index is 552. The number of ether oxygens (including phenoxy) is 2. The van der Waals surface area contributed by atoms with Crippen molar-refractivity contribution in [3.05, 3.63) is 33.4 Å². The minimum atomic E-state index is -0.518. The van der Waals surface area contributed by atoms with Gasteiger partial charge in [-0.15, -0.1) is 0 Å². The van der Waals surface area contributed by atoms with Crippen molar-refractivity contribution in [2.75, 3.05) is 14.2 Å². The Hall–Kier alpha value is -1.26. The Morgan fingerprint density at radius 3 is 1.55 bits per heavy atom. The van der Waals surface area contributed by atoms with Gasteiger partial charge in [-0.2, -0.15) is 0 Å². The van der Waals surface area contributed by atoms with Gasteiger partial charge in [-0.1, -0.05) is 35.4 Å². The van der Waals surface area contributed by atoms with Gasteiger partial charge < -0.3 is 9.47 Å². The maximum Gasteiger partial charge on any atom is 0.334 e. The molecule has 4 nitrogen and oxygen atoms in total. The van der Waals surface area contributed by atoms with Gasteiger partial charge in [0.15, 0.2) is 0 Å². The lowest BCUT2D eigenvalue weighted by atomic mass is 9.55. The van der Waals surface area contributed by atoms with Crippen LogP contribution in [0.1, 0.15) is 0 Å². The molecule has 0 aromatic rings. The first-order valence-electron chi connectivity index (χ1n) is 6.17. The quantitative estimate of drug-likeness (QED) is 0.580. The second kappa shape index (κ2) is 4.64. The molecule has 106 valence electrons. The number of carbonyl (C=O) groups is 2. The van der Waals surface area contributed by atoms with Crippen LogP contribution in [-0.4, -0.2) is 26.2 Å². The summed E-state index contributed by atoms with van der Waals surface area (Å²) < 4.78 is 9.61. The van der Waals surface area contributed by atoms with Crippen molar-refractivity contribution in [1.29, 1.82) is 0 Å². The van der Waals surface area contributed by atoms with Crippen LogP contribution in [0.4, 0.5) is 0 Å². The van der Waals surface area contributed by atoms with Crippen LogP contribution in [-0.2, 0) is 19.1 Å². The summed E-state index contributed by atoms with van der Waals surface area (Å²) in [5.74, 6) is -1.67. The molecule has 20 heavy (non-hydrogen) atoms. The summed E-state index contributed by atoms with van der Waals surface area (Å²) in [4.78, 5) is 24.1. The number of hydrogen-bond acceptors (Lipinski definition) is 4. The lowest BCUT2D eigenvalue weighted by Gasteiger charge is -2.51. The number of allylic oxidation sites excluding steroid dienone is 4. The molecule has 0 saturated heterocycles. The third-order valence-corrected chi connectivity index (χ3v) is 5.28. The third kappa shape index (κ3) is 1.55. The number of halogens is 2. The highest BCUT2D eigenvalue weighted by Gasteiger charge is 2.57. The maximum atomic E-state index is 12.0. The topological polar surface area (TPSA) is 52.6 Å². The summed E-state index contributed by atoms with van der Waals surface area (Å²) >= 11 is 12.3. The van der Waals surface area contributed by atoms with E-state index in [4.69, 9.17) is 32.7 Å². The minimum Gasteiger partial charge on any atom is -0.466 e. The van der Waals surface area contributed by atoms with Gasteiger partial charge in [0.2, 0.25) is 0 Å². The Balaban J connectivity index is 2.13. The standard InChI is InChI=1S/C14H12Cl2O4/c1-19-13(17)9-5-3-4-6(10(9)14(18)20-2)8-7(5)11(15)12(8)16/h3-8H,1-2H3/t5-,6-,7-,8-/m1/s1. The van der Waals surface area contributed by atoms with Crippen LogP contribution in [0.5, 0.6) is 0 Å². The molecule has 0 unspecified atom stereocenters. The van der Waals surface area contributed by atoms with E-state index in [9.17, 15) is 9.59 Å². The highest BCUT2D eigenvalue weighted by molar-refractivity contribution is 6.41. The average Bonchev–Trinajstić information content (AvgIpc) is 2.50. The normalized spacial score (nSPS) is 33.8. The number of methoxy groups -OCH3 is 2. The van der Waals surface area contributed by atoms with E-state index in [1.165, 1.54) is 14.2 Å². The van der Waals surface area contributed by atoms with Gasteiger partial charge in [0, 0.05) is 33.7 Å². The molecule has 4 rings (SSSR count). The van der Waals surface area contributed by atoms with E-state index in [2.05, 4.69) is 0 Å². The largest absolute Gasteiger partial charge is 0.466 e. The summed E-state index contributed by atoms with van der Waals surface area (Å²) in [6.07, 6.45) is 3.80. The summed E-state index contributed by atoms with van der Waals surface area (Å²) in [5, 5.41) is 1.14. The van der Waals surface area contributed by atoms with E-state index < -0.39 is 11.9 Å². The first kappa shape index (κ1) is 13.7. The summed E-state index contributed by atoms with van der Waals surface area (Å²) in [6.45, 7) is 0. The Kier molecular flexibility index (Phi) is 3.18. The summed E-state index contributed by atoms with van der Waals surface area (Å²) in [6, 6.07) is 0. The fourth-order valence-electron chi connectivity index (χ4n) is 3.40. The molecule has 0 saturated carbocycles. The van der Waals surface area contributed by atoms with Gasteiger partial charge in [-0.05, 0) is 0 Å². The monoisotopic (exact) mass is 314 g/mol. The molecular weight excluding hydrogens is 303 g/mol. The zero-order valence-corrected chi connectivity index (χ0v) is 12.4. The molecule has 4 aliphatic carbocycles. The van der Waals surface area contributed by atoms with Crippen molar-refractivity contribution in [2.45, 2.75) is 0 Å². The van der Waals surface area contributed by atoms with Crippen LogP contribution < -0.4 is 0 Å². The summed E-state index contributed by atoms with van der Waals surface area (Å²) in [7, 11) is 2.58. The van der Waals surface area contributed by atoms with Gasteiger partial charge in [-0.25, -0.2) is 9.59 Å². The van der Waals surface area contributed by atoms with Gasteiger partial charge in [-0.3, -0.25) is 0 Å². The maximum absolute atomic E-state index is 12.0. The number of hydrogen-bond donors (Lipinski definition) is 0. The van der Waals surface area contributed by atoms with Gasteiger partial charge >= 0.3 is 11.9 Å². The van der Waals surface area contributed by atoms with Crippen molar-refractivity contribution < 1.29 is 19.1 Å². The van der Waals surface area contributed by atoms with E-state index in [0.717, 1.165) is 0 Å². The number of carbonyl (C=O) groups excluding carboxylic acids is 2. The van der Waals surface area contributed by atoms with E-state index in [1.54, 1.807) is 0 Å². The lowest BCUT2D eigenvalue weighted by Crippen LogP contribution is -2.48. The fraction of sp³-hybridized carbons (Fsp3) is 0.429. The first-order valence-corrected chi connectivity index (χ1v) is 6.92. The second-order valence-corrected chi connectivity index (χ2v) is 5.81. The average molecular weight is 315 g/mol. The van der Waals surface area contributed by atoms with Crippen molar-refractivity contribution in [3.63, 3.8) is 0 Å². The molecule has 4 aliphatic rings. The molecule has 0 heterocycles. The molecule has 0 radical (unpaired) electrons. The van der Waals surface area contributed by atoms with Gasteiger partial charge in [0.1, 0.15) is 0 Å². The van der Waals surface area contributed by atoms with E-state index >= 15 is 0 Å². The summed E-state index contributed by atoms with van der Waals surface area (Å²) in [5.41, 5.74) is 0.686. The first-order chi connectivity index (χ1) is 9.52. The molecule has 0 aromatic carbocycles. The number of esters is 2. The van der Waals surface area contributed by atoms with Crippen molar-refractivity contribution in [3.8, 4) is 0 Å². The van der Waals surface area contributed by atoms with Crippen LogP contribution in [0.2, 0.25) is 0 Å². The molecule has 0 N–H and O–H groups in total. The smallest absolute Gasteiger partial charge is 0.334 e. The van der Waals surface area contributed by atoms with Crippen molar-refractivity contribution in [1.82, 2.24) is 0 Å². The predicted molar refractivity (Wildman–Crippen MR) is 72.9 cm³/mol. The molecule has 0 aliphatic heterocycles. The third-order valence-electron chi connectivity index (χ3n) is 4.27. The van der Waals surface area contributed by atoms with Crippen LogP contribution in [0.15, 0.2) is 33.4 Å². The van der Waals surface area contributed by atoms with E-state index in [0.29, 0.717) is 21.2 Å². The molecule has 2 bridgehead atoms. The van der Waals surface area contributed by atoms with Crippen LogP contribution in [0.3, 0.4) is 0 Å². The van der Waals surface area contributed by atoms with Gasteiger partial charge in [0.05, 0.1) is 25.4 Å². The molecular formula is C14H12Cl2O4. The fourth-order valence-corrected chi connectivity index (χ4v) is 4.20. The van der Waals surface area contributed by atoms with Crippen LogP contribution in [0.25, 0.3) is 0 Å². The minimum absolute atomic E-state index is 0.0401. The predicted octanol–water partition coefficient (Wildman–Crippen LogP) is 2.38. The molecule has 0 aromatic heterocycles. The molecule has 4 atom stereocenters. The molecule has 6 heteroatoms. The van der Waals surface area contributed by atoms with E-state index in [-0.39, 0.29) is 23.7 Å². The lowest BCUT2D eigenvalue weighted by molar-refractivity contribution is -0.141. The van der Waals surface area contributed by atoms with Crippen LogP contribution in [0, 0.1) is 23.7 Å². The highest BCUT2D eigenvalue weighted by Crippen LogP contribution is 2.62. The SMILES string of the molecule is COC(=O)C1=C(C(=O)OC)[C@@H]2C=C[C@@H]1[C@H]1C(Cl)=C(Cl)[C@@H]12. The molecule has 0 amide bonds. The zero-order valence-electron chi connectivity index (χ0n) is 10.9. The van der Waals surface area contributed by atoms with E-state index in [1.807, 2.05) is 12.2 Å².